The number of nitrogens with one attached hydrogen (secondary N) is 1. The second kappa shape index (κ2) is 7.97. The minimum Gasteiger partial charge on any atom is -0.336 e. The van der Waals surface area contributed by atoms with E-state index >= 15 is 0 Å². The molecule has 0 unspecified atom stereocenters. The van der Waals surface area contributed by atoms with Gasteiger partial charge in [-0.1, -0.05) is 24.3 Å². The highest BCUT2D eigenvalue weighted by molar-refractivity contribution is 5.73. The number of nitrogens with zero attached hydrogens (tertiary/aromatic N) is 4. The molecule has 0 fully saturated rings. The molecule has 2 aromatic rings. The summed E-state index contributed by atoms with van der Waals surface area (Å²) in [6.45, 7) is 3.19. The van der Waals surface area contributed by atoms with Crippen molar-refractivity contribution in [2.24, 2.45) is 7.05 Å². The van der Waals surface area contributed by atoms with Crippen LogP contribution in [0.3, 0.4) is 0 Å². The first-order chi connectivity index (χ1) is 11.4. The average molecular weight is 329 g/mol. The molecule has 24 heavy (non-hydrogen) atoms. The number of aryl methyl sites for hydroxylation is 2. The number of urea groups is 1. The number of likely N-dealkylation sites (N-methyl/N-ethyl adjacent to an activating group) is 1. The Morgan fingerprint density at radius 1 is 1.29 bits per heavy atom. The summed E-state index contributed by atoms with van der Waals surface area (Å²) in [7, 11) is 7.71. The van der Waals surface area contributed by atoms with Crippen molar-refractivity contribution < 1.29 is 4.79 Å². The fraction of sp³-hybridized carbons (Fsp3) is 0.444. The molecule has 0 saturated carbocycles. The molecule has 0 spiro atoms. The average Bonchev–Trinajstić information content (AvgIpc) is 2.95. The lowest BCUT2D eigenvalue weighted by atomic mass is 10.1. The fourth-order valence-corrected chi connectivity index (χ4v) is 2.64. The summed E-state index contributed by atoms with van der Waals surface area (Å²) in [6.07, 6.45) is 3.82. The van der Waals surface area contributed by atoms with Crippen LogP contribution in [0.4, 0.5) is 4.79 Å². The van der Waals surface area contributed by atoms with Crippen molar-refractivity contribution in [3.8, 4) is 0 Å². The number of carbonyl (C=O) groups excluding carboxylic acids is 1. The monoisotopic (exact) mass is 329 g/mol. The molecule has 1 heterocycles. The second-order valence-corrected chi connectivity index (χ2v) is 6.40. The second-order valence-electron chi connectivity index (χ2n) is 6.40. The van der Waals surface area contributed by atoms with E-state index in [1.807, 2.05) is 52.7 Å². The summed E-state index contributed by atoms with van der Waals surface area (Å²) in [5.41, 5.74) is 3.44. The number of hydrogen-bond acceptors (Lipinski definition) is 3. The van der Waals surface area contributed by atoms with E-state index < -0.39 is 0 Å². The number of amides is 2. The van der Waals surface area contributed by atoms with E-state index in [2.05, 4.69) is 34.4 Å². The van der Waals surface area contributed by atoms with Gasteiger partial charge in [0.1, 0.15) is 0 Å². The summed E-state index contributed by atoms with van der Waals surface area (Å²) in [5.74, 6) is 0. The van der Waals surface area contributed by atoms with Gasteiger partial charge in [-0.2, -0.15) is 5.10 Å². The van der Waals surface area contributed by atoms with E-state index in [-0.39, 0.29) is 12.1 Å². The van der Waals surface area contributed by atoms with Crippen LogP contribution in [-0.4, -0.2) is 53.3 Å². The number of aromatic nitrogens is 2. The Balaban J connectivity index is 1.94. The predicted octanol–water partition coefficient (Wildman–Crippen LogP) is 2.17. The molecule has 130 valence electrons. The Morgan fingerprint density at radius 2 is 2.00 bits per heavy atom. The zero-order valence-electron chi connectivity index (χ0n) is 15.2. The van der Waals surface area contributed by atoms with Gasteiger partial charge in [0.2, 0.25) is 0 Å². The van der Waals surface area contributed by atoms with Crippen molar-refractivity contribution in [1.29, 1.82) is 0 Å². The quantitative estimate of drug-likeness (QED) is 0.884. The van der Waals surface area contributed by atoms with Gasteiger partial charge in [0.05, 0.1) is 12.2 Å². The standard InChI is InChI=1S/C18H27N5O/c1-14-8-6-7-9-15(14)12-22(4)18(24)19-11-17(21(2)3)16-10-20-23(5)13-16/h6-10,13,17H,11-12H2,1-5H3,(H,19,24)/t17-/m1/s1. The van der Waals surface area contributed by atoms with Gasteiger partial charge in [0, 0.05) is 38.9 Å². The maximum atomic E-state index is 12.4. The highest BCUT2D eigenvalue weighted by Gasteiger charge is 2.18. The van der Waals surface area contributed by atoms with E-state index in [1.54, 1.807) is 9.58 Å². The molecule has 6 nitrogen and oxygen atoms in total. The van der Waals surface area contributed by atoms with Gasteiger partial charge < -0.3 is 15.1 Å². The molecule has 0 aliphatic rings. The molecule has 1 atom stereocenters. The lowest BCUT2D eigenvalue weighted by molar-refractivity contribution is 0.200. The Bertz CT molecular complexity index is 680. The maximum Gasteiger partial charge on any atom is 0.317 e. The van der Waals surface area contributed by atoms with Gasteiger partial charge in [-0.3, -0.25) is 4.68 Å². The van der Waals surface area contributed by atoms with Crippen LogP contribution in [0.5, 0.6) is 0 Å². The fourth-order valence-electron chi connectivity index (χ4n) is 2.64. The predicted molar refractivity (Wildman–Crippen MR) is 95.7 cm³/mol. The summed E-state index contributed by atoms with van der Waals surface area (Å²) < 4.78 is 1.78. The molecule has 0 saturated heterocycles. The number of hydrogen-bond donors (Lipinski definition) is 1. The van der Waals surface area contributed by atoms with Gasteiger partial charge in [-0.15, -0.1) is 0 Å². The third-order valence-corrected chi connectivity index (χ3v) is 4.20. The largest absolute Gasteiger partial charge is 0.336 e. The zero-order valence-corrected chi connectivity index (χ0v) is 15.2. The highest BCUT2D eigenvalue weighted by Crippen LogP contribution is 2.16. The third-order valence-electron chi connectivity index (χ3n) is 4.20. The molecule has 0 radical (unpaired) electrons. The summed E-state index contributed by atoms with van der Waals surface area (Å²) in [6, 6.07) is 8.14. The molecule has 2 amide bonds. The van der Waals surface area contributed by atoms with Crippen LogP contribution in [0, 0.1) is 6.92 Å². The number of benzene rings is 1. The normalized spacial score (nSPS) is 12.2. The molecule has 0 aliphatic carbocycles. The third kappa shape index (κ3) is 4.58. The van der Waals surface area contributed by atoms with E-state index in [0.717, 1.165) is 11.1 Å². The van der Waals surface area contributed by atoms with Crippen molar-refractivity contribution in [3.63, 3.8) is 0 Å². The number of rotatable bonds is 6. The maximum absolute atomic E-state index is 12.4. The molecule has 1 aromatic carbocycles. The first-order valence-electron chi connectivity index (χ1n) is 8.07. The highest BCUT2D eigenvalue weighted by atomic mass is 16.2. The van der Waals surface area contributed by atoms with E-state index in [4.69, 9.17) is 0 Å². The topological polar surface area (TPSA) is 53.4 Å². The zero-order chi connectivity index (χ0) is 17.7. The number of carbonyl (C=O) groups is 1. The van der Waals surface area contributed by atoms with Crippen molar-refractivity contribution >= 4 is 6.03 Å². The van der Waals surface area contributed by atoms with E-state index in [9.17, 15) is 4.79 Å². The van der Waals surface area contributed by atoms with Gasteiger partial charge in [-0.05, 0) is 32.1 Å². The van der Waals surface area contributed by atoms with Crippen LogP contribution in [-0.2, 0) is 13.6 Å². The molecule has 6 heteroatoms. The first kappa shape index (κ1) is 18.0. The molecule has 1 N–H and O–H groups in total. The van der Waals surface area contributed by atoms with Gasteiger partial charge in [-0.25, -0.2) is 4.79 Å². The van der Waals surface area contributed by atoms with Gasteiger partial charge in [0.15, 0.2) is 0 Å². The van der Waals surface area contributed by atoms with Crippen LogP contribution in [0.2, 0.25) is 0 Å². The Morgan fingerprint density at radius 3 is 2.58 bits per heavy atom. The van der Waals surface area contributed by atoms with Crippen LogP contribution in [0.1, 0.15) is 22.7 Å². The van der Waals surface area contributed by atoms with Crippen LogP contribution in [0.25, 0.3) is 0 Å². The molecule has 0 aliphatic heterocycles. The Hall–Kier alpha value is -2.34. The smallest absolute Gasteiger partial charge is 0.317 e. The van der Waals surface area contributed by atoms with E-state index in [1.165, 1.54) is 5.56 Å². The van der Waals surface area contributed by atoms with Gasteiger partial charge in [0.25, 0.3) is 0 Å². The molecule has 1 aromatic heterocycles. The van der Waals surface area contributed by atoms with Crippen molar-refractivity contribution in [3.05, 3.63) is 53.3 Å². The van der Waals surface area contributed by atoms with Crippen molar-refractivity contribution in [2.45, 2.75) is 19.5 Å². The summed E-state index contributed by atoms with van der Waals surface area (Å²) in [4.78, 5) is 16.2. The molecular weight excluding hydrogens is 302 g/mol. The lowest BCUT2D eigenvalue weighted by Crippen LogP contribution is -2.41. The van der Waals surface area contributed by atoms with Crippen LogP contribution in [0.15, 0.2) is 36.7 Å². The molecule has 0 bridgehead atoms. The minimum atomic E-state index is -0.0750. The lowest BCUT2D eigenvalue weighted by Gasteiger charge is -2.25. The van der Waals surface area contributed by atoms with E-state index in [0.29, 0.717) is 13.1 Å². The van der Waals surface area contributed by atoms with Crippen molar-refractivity contribution in [2.75, 3.05) is 27.7 Å². The Kier molecular flexibility index (Phi) is 5.98. The summed E-state index contributed by atoms with van der Waals surface area (Å²) >= 11 is 0. The van der Waals surface area contributed by atoms with Crippen LogP contribution >= 0.6 is 0 Å². The Labute approximate surface area is 144 Å². The SMILES string of the molecule is Cc1ccccc1CN(C)C(=O)NC[C@H](c1cnn(C)c1)N(C)C. The van der Waals surface area contributed by atoms with Crippen molar-refractivity contribution in [1.82, 2.24) is 24.9 Å². The molecule has 2 rings (SSSR count). The van der Waals surface area contributed by atoms with Crippen LogP contribution < -0.4 is 5.32 Å². The minimum absolute atomic E-state index is 0.0750. The summed E-state index contributed by atoms with van der Waals surface area (Å²) in [5, 5.41) is 7.23. The van der Waals surface area contributed by atoms with Gasteiger partial charge >= 0.3 is 6.03 Å². The molecular formula is C18H27N5O. The first-order valence-corrected chi connectivity index (χ1v) is 8.07.